The van der Waals surface area contributed by atoms with E-state index >= 15 is 0 Å². The van der Waals surface area contributed by atoms with Gasteiger partial charge in [-0.1, -0.05) is 32.0 Å². The minimum Gasteiger partial charge on any atom is -0.396 e. The third kappa shape index (κ3) is 3.52. The van der Waals surface area contributed by atoms with Crippen LogP contribution in [0.3, 0.4) is 0 Å². The molecular formula is C16H22N2O. The van der Waals surface area contributed by atoms with Gasteiger partial charge in [0.25, 0.3) is 0 Å². The van der Waals surface area contributed by atoms with Gasteiger partial charge >= 0.3 is 0 Å². The monoisotopic (exact) mass is 258 g/mol. The molecule has 0 fully saturated rings. The summed E-state index contributed by atoms with van der Waals surface area (Å²) >= 11 is 0. The number of rotatable bonds is 6. The van der Waals surface area contributed by atoms with Gasteiger partial charge in [-0.25, -0.2) is 0 Å². The number of aliphatic hydroxyl groups is 1. The van der Waals surface area contributed by atoms with Crippen LogP contribution in [-0.2, 0) is 6.54 Å². The van der Waals surface area contributed by atoms with Crippen molar-refractivity contribution in [2.24, 2.45) is 5.92 Å². The maximum Gasteiger partial charge on any atom is 0.0445 e. The Labute approximate surface area is 114 Å². The molecule has 0 saturated heterocycles. The molecule has 0 aliphatic rings. The Hall–Kier alpha value is -1.45. The van der Waals surface area contributed by atoms with Crippen LogP contribution in [-0.4, -0.2) is 22.7 Å². The maximum absolute atomic E-state index is 9.11. The molecule has 1 aromatic heterocycles. The van der Waals surface area contributed by atoms with Crippen LogP contribution in [0.4, 0.5) is 0 Å². The number of nitrogens with zero attached hydrogens (tertiary/aromatic N) is 1. The zero-order chi connectivity index (χ0) is 13.7. The summed E-state index contributed by atoms with van der Waals surface area (Å²) in [5.74, 6) is 0.517. The SMILES string of the molecule is CC(C)C(CCO)NCc1cccc2cnccc12. The topological polar surface area (TPSA) is 45.1 Å². The first-order valence-electron chi connectivity index (χ1n) is 6.88. The van der Waals surface area contributed by atoms with Crippen LogP contribution >= 0.6 is 0 Å². The quantitative estimate of drug-likeness (QED) is 0.837. The second-order valence-corrected chi connectivity index (χ2v) is 5.26. The molecule has 2 rings (SSSR count). The van der Waals surface area contributed by atoms with E-state index in [-0.39, 0.29) is 6.61 Å². The van der Waals surface area contributed by atoms with Crippen molar-refractivity contribution >= 4 is 10.8 Å². The summed E-state index contributed by atoms with van der Waals surface area (Å²) in [7, 11) is 0. The van der Waals surface area contributed by atoms with Gasteiger partial charge in [-0.15, -0.1) is 0 Å². The summed E-state index contributed by atoms with van der Waals surface area (Å²) in [6.45, 7) is 5.42. The van der Waals surface area contributed by atoms with Crippen LogP contribution in [0.2, 0.25) is 0 Å². The van der Waals surface area contributed by atoms with Gasteiger partial charge in [0.2, 0.25) is 0 Å². The Bertz CT molecular complexity index is 520. The normalized spacial score (nSPS) is 13.1. The molecule has 1 aromatic carbocycles. The van der Waals surface area contributed by atoms with Crippen LogP contribution in [0.15, 0.2) is 36.7 Å². The second kappa shape index (κ2) is 6.64. The van der Waals surface area contributed by atoms with Crippen molar-refractivity contribution in [3.8, 4) is 0 Å². The molecule has 1 atom stereocenters. The molecule has 0 radical (unpaired) electrons. The predicted molar refractivity (Wildman–Crippen MR) is 78.9 cm³/mol. The molecular weight excluding hydrogens is 236 g/mol. The van der Waals surface area contributed by atoms with Crippen molar-refractivity contribution in [2.45, 2.75) is 32.9 Å². The third-order valence-electron chi connectivity index (χ3n) is 3.57. The summed E-state index contributed by atoms with van der Waals surface area (Å²) in [5.41, 5.74) is 1.28. The lowest BCUT2D eigenvalue weighted by Crippen LogP contribution is -2.34. The molecule has 3 heteroatoms. The van der Waals surface area contributed by atoms with Gasteiger partial charge in [-0.05, 0) is 29.4 Å². The number of pyridine rings is 1. The molecule has 0 spiro atoms. The number of benzene rings is 1. The zero-order valence-electron chi connectivity index (χ0n) is 11.6. The molecule has 102 valence electrons. The molecule has 2 N–H and O–H groups in total. The largest absolute Gasteiger partial charge is 0.396 e. The molecule has 0 saturated carbocycles. The van der Waals surface area contributed by atoms with Crippen molar-refractivity contribution in [1.29, 1.82) is 0 Å². The second-order valence-electron chi connectivity index (χ2n) is 5.26. The van der Waals surface area contributed by atoms with Gasteiger partial charge in [-0.3, -0.25) is 4.98 Å². The lowest BCUT2D eigenvalue weighted by atomic mass is 10.00. The lowest BCUT2D eigenvalue weighted by molar-refractivity contribution is 0.244. The molecule has 19 heavy (non-hydrogen) atoms. The lowest BCUT2D eigenvalue weighted by Gasteiger charge is -2.22. The van der Waals surface area contributed by atoms with Crippen molar-refractivity contribution in [1.82, 2.24) is 10.3 Å². The first kappa shape index (κ1) is 14.0. The molecule has 2 aromatic rings. The third-order valence-corrected chi connectivity index (χ3v) is 3.57. The molecule has 1 unspecified atom stereocenters. The highest BCUT2D eigenvalue weighted by Gasteiger charge is 2.12. The summed E-state index contributed by atoms with van der Waals surface area (Å²) in [4.78, 5) is 4.15. The Balaban J connectivity index is 2.13. The Kier molecular flexibility index (Phi) is 4.88. The number of aromatic nitrogens is 1. The summed E-state index contributed by atoms with van der Waals surface area (Å²) in [6.07, 6.45) is 4.52. The summed E-state index contributed by atoms with van der Waals surface area (Å²) in [6, 6.07) is 8.70. The van der Waals surface area contributed by atoms with Crippen molar-refractivity contribution in [2.75, 3.05) is 6.61 Å². The van der Waals surface area contributed by atoms with Gasteiger partial charge in [0.05, 0.1) is 0 Å². The summed E-state index contributed by atoms with van der Waals surface area (Å²) in [5, 5.41) is 15.1. The first-order chi connectivity index (χ1) is 9.22. The van der Waals surface area contributed by atoms with E-state index in [9.17, 15) is 0 Å². The Morgan fingerprint density at radius 1 is 1.26 bits per heavy atom. The number of hydrogen-bond acceptors (Lipinski definition) is 3. The number of hydrogen-bond donors (Lipinski definition) is 2. The molecule has 0 amide bonds. The minimum absolute atomic E-state index is 0.231. The zero-order valence-corrected chi connectivity index (χ0v) is 11.6. The fourth-order valence-corrected chi connectivity index (χ4v) is 2.40. The first-order valence-corrected chi connectivity index (χ1v) is 6.88. The van der Waals surface area contributed by atoms with Gasteiger partial charge < -0.3 is 10.4 Å². The molecule has 0 aliphatic carbocycles. The van der Waals surface area contributed by atoms with E-state index in [1.54, 1.807) is 0 Å². The molecule has 0 bridgehead atoms. The van der Waals surface area contributed by atoms with E-state index in [4.69, 9.17) is 5.11 Å². The van der Waals surface area contributed by atoms with E-state index in [1.807, 2.05) is 12.4 Å². The number of nitrogens with one attached hydrogen (secondary N) is 1. The molecule has 0 aliphatic heterocycles. The van der Waals surface area contributed by atoms with Crippen molar-refractivity contribution in [3.05, 3.63) is 42.2 Å². The summed E-state index contributed by atoms with van der Waals surface area (Å²) < 4.78 is 0. The van der Waals surface area contributed by atoms with Crippen LogP contribution in [0.1, 0.15) is 25.8 Å². The van der Waals surface area contributed by atoms with Gasteiger partial charge in [0.15, 0.2) is 0 Å². The van der Waals surface area contributed by atoms with Crippen LogP contribution in [0, 0.1) is 5.92 Å². The van der Waals surface area contributed by atoms with Crippen molar-refractivity contribution in [3.63, 3.8) is 0 Å². The van der Waals surface area contributed by atoms with Crippen LogP contribution < -0.4 is 5.32 Å². The minimum atomic E-state index is 0.231. The average molecular weight is 258 g/mol. The Morgan fingerprint density at radius 2 is 2.11 bits per heavy atom. The fraction of sp³-hybridized carbons (Fsp3) is 0.438. The smallest absolute Gasteiger partial charge is 0.0445 e. The van der Waals surface area contributed by atoms with Gasteiger partial charge in [0.1, 0.15) is 0 Å². The standard InChI is InChI=1S/C16H22N2O/c1-12(2)16(7-9-19)18-11-14-5-3-4-13-10-17-8-6-15(13)14/h3-6,8,10,12,16,18-19H,7,9,11H2,1-2H3. The predicted octanol–water partition coefficient (Wildman–Crippen LogP) is 2.73. The highest BCUT2D eigenvalue weighted by molar-refractivity contribution is 5.84. The van der Waals surface area contributed by atoms with Crippen molar-refractivity contribution < 1.29 is 5.11 Å². The molecule has 3 nitrogen and oxygen atoms in total. The fourth-order valence-electron chi connectivity index (χ4n) is 2.40. The average Bonchev–Trinajstić information content (AvgIpc) is 2.43. The highest BCUT2D eigenvalue weighted by Crippen LogP contribution is 2.18. The van der Waals surface area contributed by atoms with Crippen LogP contribution in [0.25, 0.3) is 10.8 Å². The van der Waals surface area contributed by atoms with E-state index in [0.29, 0.717) is 12.0 Å². The van der Waals surface area contributed by atoms with Gasteiger partial charge in [-0.2, -0.15) is 0 Å². The maximum atomic E-state index is 9.11. The van der Waals surface area contributed by atoms with E-state index in [2.05, 4.69) is 48.4 Å². The van der Waals surface area contributed by atoms with E-state index in [0.717, 1.165) is 13.0 Å². The molecule has 1 heterocycles. The van der Waals surface area contributed by atoms with E-state index < -0.39 is 0 Å². The van der Waals surface area contributed by atoms with E-state index in [1.165, 1.54) is 16.3 Å². The number of fused-ring (bicyclic) bond motifs is 1. The highest BCUT2D eigenvalue weighted by atomic mass is 16.3. The number of aliphatic hydroxyl groups excluding tert-OH is 1. The van der Waals surface area contributed by atoms with Crippen LogP contribution in [0.5, 0.6) is 0 Å². The Morgan fingerprint density at radius 3 is 2.84 bits per heavy atom. The van der Waals surface area contributed by atoms with Gasteiger partial charge in [0, 0.05) is 37.0 Å².